The van der Waals surface area contributed by atoms with Gasteiger partial charge in [-0.3, -0.25) is 0 Å². The molecule has 1 aromatic carbocycles. The van der Waals surface area contributed by atoms with Gasteiger partial charge < -0.3 is 0 Å². The molecule has 0 saturated heterocycles. The predicted octanol–water partition coefficient (Wildman–Crippen LogP) is 3.27. The molecule has 1 aromatic rings. The fourth-order valence-electron chi connectivity index (χ4n) is 0.853. The zero-order valence-corrected chi connectivity index (χ0v) is 8.74. The van der Waals surface area contributed by atoms with Crippen molar-refractivity contribution in [3.63, 3.8) is 0 Å². The number of hydrogen-bond acceptors (Lipinski definition) is 2. The van der Waals surface area contributed by atoms with Crippen LogP contribution in [0.1, 0.15) is 5.56 Å². The smallest absolute Gasteiger partial charge is 0.220 e. The zero-order valence-electron chi connectivity index (χ0n) is 6.33. The molecular formula is C7H7Cl2O2P. The van der Waals surface area contributed by atoms with Gasteiger partial charge in [-0.2, -0.15) is 0 Å². The molecule has 0 fully saturated rings. The van der Waals surface area contributed by atoms with E-state index in [1.807, 2.05) is 31.2 Å². The highest BCUT2D eigenvalue weighted by molar-refractivity contribution is 7.57. The highest BCUT2D eigenvalue weighted by Crippen LogP contribution is 2.40. The summed E-state index contributed by atoms with van der Waals surface area (Å²) in [5.41, 5.74) is 1.05. The lowest BCUT2D eigenvalue weighted by molar-refractivity contribution is 0.564. The van der Waals surface area contributed by atoms with E-state index >= 15 is 0 Å². The first-order valence-electron chi connectivity index (χ1n) is 3.22. The summed E-state index contributed by atoms with van der Waals surface area (Å²) in [6.07, 6.45) is 0. The third-order valence-electron chi connectivity index (χ3n) is 1.44. The van der Waals surface area contributed by atoms with E-state index < -0.39 is 8.38 Å². The van der Waals surface area contributed by atoms with Gasteiger partial charge in [-0.25, -0.2) is 8.15 Å². The Bertz CT molecular complexity index is 253. The summed E-state index contributed by atoms with van der Waals surface area (Å²) in [4.78, 5) is 0. The Kier molecular flexibility index (Phi) is 4.27. The molecule has 0 aromatic heterocycles. The summed E-state index contributed by atoms with van der Waals surface area (Å²) in [5, 5.41) is 0.887. The second-order valence-electron chi connectivity index (χ2n) is 2.18. The van der Waals surface area contributed by atoms with Crippen LogP contribution < -0.4 is 5.30 Å². The van der Waals surface area contributed by atoms with Gasteiger partial charge in [0.15, 0.2) is 0 Å². The number of rotatable bonds is 3. The van der Waals surface area contributed by atoms with Gasteiger partial charge in [-0.1, -0.05) is 18.2 Å². The molecule has 1 rings (SSSR count). The lowest BCUT2D eigenvalue weighted by Crippen LogP contribution is -2.04. The maximum Gasteiger partial charge on any atom is 0.244 e. The summed E-state index contributed by atoms with van der Waals surface area (Å²) in [6.45, 7) is 1.94. The van der Waals surface area contributed by atoms with Crippen LogP contribution in [0.15, 0.2) is 24.3 Å². The van der Waals surface area contributed by atoms with Crippen molar-refractivity contribution < 1.29 is 8.15 Å². The van der Waals surface area contributed by atoms with Gasteiger partial charge in [-0.05, 0) is 18.6 Å². The Labute approximate surface area is 82.6 Å². The second kappa shape index (κ2) is 5.00. The quantitative estimate of drug-likeness (QED) is 0.735. The van der Waals surface area contributed by atoms with E-state index in [-0.39, 0.29) is 0 Å². The van der Waals surface area contributed by atoms with Crippen molar-refractivity contribution in [2.24, 2.45) is 0 Å². The van der Waals surface area contributed by atoms with E-state index in [1.165, 1.54) is 0 Å². The van der Waals surface area contributed by atoms with Crippen LogP contribution in [0.25, 0.3) is 0 Å². The topological polar surface area (TPSA) is 18.5 Å². The highest BCUT2D eigenvalue weighted by atomic mass is 35.5. The minimum Gasteiger partial charge on any atom is -0.220 e. The van der Waals surface area contributed by atoms with Crippen molar-refractivity contribution in [1.29, 1.82) is 0 Å². The Hall–Kier alpha value is 0.150. The molecule has 0 atom stereocenters. The van der Waals surface area contributed by atoms with Crippen LogP contribution in [-0.2, 0) is 8.15 Å². The molecule has 12 heavy (non-hydrogen) atoms. The van der Waals surface area contributed by atoms with Crippen LogP contribution in [0.5, 0.6) is 0 Å². The summed E-state index contributed by atoms with van der Waals surface area (Å²) in [5.74, 6) is 0. The van der Waals surface area contributed by atoms with Crippen LogP contribution in [0, 0.1) is 6.92 Å². The molecule has 0 heterocycles. The SMILES string of the molecule is Cc1ccccc1P(OCl)OCl. The van der Waals surface area contributed by atoms with Gasteiger partial charge in [-0.15, -0.1) is 0 Å². The number of halogens is 2. The van der Waals surface area contributed by atoms with Gasteiger partial charge in [0.05, 0.1) is 23.7 Å². The van der Waals surface area contributed by atoms with Crippen molar-refractivity contribution in [3.8, 4) is 0 Å². The van der Waals surface area contributed by atoms with Crippen molar-refractivity contribution in [2.75, 3.05) is 0 Å². The van der Waals surface area contributed by atoms with Gasteiger partial charge in [0.25, 0.3) is 0 Å². The Balaban J connectivity index is 2.92. The van der Waals surface area contributed by atoms with E-state index in [9.17, 15) is 0 Å². The maximum atomic E-state index is 5.19. The molecule has 0 spiro atoms. The Morgan fingerprint density at radius 2 is 1.75 bits per heavy atom. The van der Waals surface area contributed by atoms with E-state index in [2.05, 4.69) is 8.15 Å². The van der Waals surface area contributed by atoms with Crippen molar-refractivity contribution >= 4 is 37.4 Å². The molecule has 0 amide bonds. The third-order valence-corrected chi connectivity index (χ3v) is 3.34. The lowest BCUT2D eigenvalue weighted by atomic mass is 10.2. The van der Waals surface area contributed by atoms with E-state index in [4.69, 9.17) is 23.7 Å². The molecule has 0 saturated carbocycles. The first-order chi connectivity index (χ1) is 5.79. The van der Waals surface area contributed by atoms with E-state index in [1.54, 1.807) is 0 Å². The van der Waals surface area contributed by atoms with Crippen LogP contribution in [0.3, 0.4) is 0 Å². The van der Waals surface area contributed by atoms with E-state index in [0.29, 0.717) is 0 Å². The van der Waals surface area contributed by atoms with Crippen LogP contribution in [-0.4, -0.2) is 0 Å². The molecule has 0 aliphatic heterocycles. The van der Waals surface area contributed by atoms with Crippen LogP contribution in [0.4, 0.5) is 0 Å². The second-order valence-corrected chi connectivity index (χ2v) is 4.28. The maximum absolute atomic E-state index is 5.19. The predicted molar refractivity (Wildman–Crippen MR) is 51.6 cm³/mol. The fraction of sp³-hybridized carbons (Fsp3) is 0.143. The molecule has 5 heteroatoms. The van der Waals surface area contributed by atoms with Gasteiger partial charge in [0, 0.05) is 5.30 Å². The molecule has 0 N–H and O–H groups in total. The largest absolute Gasteiger partial charge is 0.244 e. The van der Waals surface area contributed by atoms with Crippen molar-refractivity contribution in [3.05, 3.63) is 29.8 Å². The normalized spacial score (nSPS) is 10.7. The monoisotopic (exact) mass is 224 g/mol. The zero-order chi connectivity index (χ0) is 8.97. The molecule has 0 aliphatic rings. The summed E-state index contributed by atoms with van der Waals surface area (Å²) >= 11 is 10.4. The third kappa shape index (κ3) is 2.32. The van der Waals surface area contributed by atoms with Gasteiger partial charge >= 0.3 is 0 Å². The van der Waals surface area contributed by atoms with Gasteiger partial charge in [0.1, 0.15) is 0 Å². The molecular weight excluding hydrogens is 218 g/mol. The Morgan fingerprint density at radius 3 is 2.25 bits per heavy atom. The standard InChI is InChI=1S/C7H7Cl2O2P/c1-6-4-2-3-5-7(6)12(10-8)11-9/h2-5H,1H3. The summed E-state index contributed by atoms with van der Waals surface area (Å²) in [7, 11) is -1.34. The number of aryl methyl sites for hydroxylation is 1. The molecule has 2 nitrogen and oxygen atoms in total. The van der Waals surface area contributed by atoms with Gasteiger partial charge in [0.2, 0.25) is 8.38 Å². The van der Waals surface area contributed by atoms with Crippen LogP contribution in [0.2, 0.25) is 0 Å². The fourth-order valence-corrected chi connectivity index (χ4v) is 2.30. The Morgan fingerprint density at radius 1 is 1.17 bits per heavy atom. The number of hydrogen-bond donors (Lipinski definition) is 0. The minimum absolute atomic E-state index is 0.887. The minimum atomic E-state index is -1.34. The van der Waals surface area contributed by atoms with Crippen LogP contribution >= 0.6 is 32.1 Å². The first kappa shape index (κ1) is 10.2. The molecule has 66 valence electrons. The lowest BCUT2D eigenvalue weighted by Gasteiger charge is -2.09. The average molecular weight is 225 g/mol. The highest BCUT2D eigenvalue weighted by Gasteiger charge is 2.14. The number of benzene rings is 1. The van der Waals surface area contributed by atoms with Crippen molar-refractivity contribution in [1.82, 2.24) is 0 Å². The first-order valence-corrected chi connectivity index (χ1v) is 5.02. The molecule has 0 radical (unpaired) electrons. The molecule has 0 bridgehead atoms. The van der Waals surface area contributed by atoms with Crippen molar-refractivity contribution in [2.45, 2.75) is 6.92 Å². The summed E-state index contributed by atoms with van der Waals surface area (Å²) in [6, 6.07) is 7.61. The molecule has 0 unspecified atom stereocenters. The molecule has 0 aliphatic carbocycles. The average Bonchev–Trinajstić information content (AvgIpc) is 2.10. The van der Waals surface area contributed by atoms with E-state index in [0.717, 1.165) is 10.9 Å². The summed E-state index contributed by atoms with van der Waals surface area (Å²) < 4.78 is 9.10.